The first kappa shape index (κ1) is 15.7. The minimum atomic E-state index is -3.52. The number of rotatable bonds is 3. The third kappa shape index (κ3) is 2.98. The molecular weight excluding hydrogens is 336 g/mol. The first-order chi connectivity index (χ1) is 12.0. The lowest BCUT2D eigenvalue weighted by atomic mass is 10.0. The summed E-state index contributed by atoms with van der Waals surface area (Å²) in [5.41, 5.74) is 3.75. The Morgan fingerprint density at radius 2 is 1.68 bits per heavy atom. The molecule has 2 aromatic carbocycles. The highest BCUT2D eigenvalue weighted by atomic mass is 32.2. The highest BCUT2D eigenvalue weighted by Crippen LogP contribution is 2.33. The van der Waals surface area contributed by atoms with Crippen LogP contribution in [0.4, 0.5) is 0 Å². The summed E-state index contributed by atoms with van der Waals surface area (Å²) < 4.78 is 25.6. The molecule has 25 heavy (non-hydrogen) atoms. The van der Waals surface area contributed by atoms with Crippen LogP contribution < -0.4 is 0 Å². The average Bonchev–Trinajstić information content (AvgIpc) is 3.08. The first-order valence-corrected chi connectivity index (χ1v) is 9.71. The summed E-state index contributed by atoms with van der Waals surface area (Å²) in [4.78, 5) is 9.01. The van der Waals surface area contributed by atoms with Crippen molar-refractivity contribution >= 4 is 26.8 Å². The smallest absolute Gasteiger partial charge is 0.247 e. The molecule has 0 N–H and O–H groups in total. The van der Waals surface area contributed by atoms with E-state index in [1.807, 2.05) is 54.6 Å². The highest BCUT2D eigenvalue weighted by molar-refractivity contribution is 7.88. The maximum absolute atomic E-state index is 12.2. The molecule has 0 saturated heterocycles. The highest BCUT2D eigenvalue weighted by Gasteiger charge is 2.35. The molecule has 3 aromatic rings. The van der Waals surface area contributed by atoms with E-state index < -0.39 is 16.1 Å². The average molecular weight is 352 g/mol. The molecular formula is C18H16N4O2S. The lowest BCUT2D eigenvalue weighted by Gasteiger charge is -2.20. The van der Waals surface area contributed by atoms with E-state index >= 15 is 0 Å². The Morgan fingerprint density at radius 3 is 2.40 bits per heavy atom. The number of nitrogens with zero attached hydrogens (tertiary/aromatic N) is 4. The van der Waals surface area contributed by atoms with Crippen molar-refractivity contribution in [1.82, 2.24) is 14.4 Å². The normalized spacial score (nSPS) is 17.7. The molecule has 0 spiro atoms. The van der Waals surface area contributed by atoms with Gasteiger partial charge in [0.2, 0.25) is 10.0 Å². The molecule has 1 atom stereocenters. The molecule has 6 nitrogen and oxygen atoms in total. The van der Waals surface area contributed by atoms with Gasteiger partial charge in [0.25, 0.3) is 0 Å². The van der Waals surface area contributed by atoms with E-state index in [2.05, 4.69) is 15.1 Å². The second-order valence-corrected chi connectivity index (χ2v) is 7.79. The van der Waals surface area contributed by atoms with Crippen LogP contribution in [0.5, 0.6) is 0 Å². The number of sulfonamides is 1. The summed E-state index contributed by atoms with van der Waals surface area (Å²) in [6, 6.07) is 16.6. The molecule has 0 unspecified atom stereocenters. The Balaban J connectivity index is 1.77. The number of fused-ring (bicyclic) bond motifs is 1. The van der Waals surface area contributed by atoms with Crippen LogP contribution in [0.3, 0.4) is 0 Å². The quantitative estimate of drug-likeness (QED) is 0.726. The fraction of sp³-hybridized carbons (Fsp3) is 0.167. The van der Waals surface area contributed by atoms with Crippen LogP contribution in [-0.2, 0) is 10.0 Å². The molecule has 0 bridgehead atoms. The van der Waals surface area contributed by atoms with Gasteiger partial charge in [0.1, 0.15) is 6.04 Å². The second kappa shape index (κ2) is 5.93. The SMILES string of the molecule is CS(=O)(=O)N1N=C(c2ccccc2)C[C@H]1c1cnc2ccccc2n1. The zero-order valence-corrected chi connectivity index (χ0v) is 14.4. The van der Waals surface area contributed by atoms with Gasteiger partial charge in [0.05, 0.1) is 34.9 Å². The van der Waals surface area contributed by atoms with Crippen molar-refractivity contribution in [1.29, 1.82) is 0 Å². The zero-order chi connectivity index (χ0) is 17.4. The van der Waals surface area contributed by atoms with E-state index in [-0.39, 0.29) is 0 Å². The van der Waals surface area contributed by atoms with Crippen LogP contribution in [0.25, 0.3) is 11.0 Å². The minimum absolute atomic E-state index is 0.462. The number of hydrogen-bond acceptors (Lipinski definition) is 5. The Hall–Kier alpha value is -2.80. The van der Waals surface area contributed by atoms with Crippen LogP contribution >= 0.6 is 0 Å². The maximum Gasteiger partial charge on any atom is 0.247 e. The third-order valence-electron chi connectivity index (χ3n) is 4.13. The van der Waals surface area contributed by atoms with Crippen LogP contribution in [0.2, 0.25) is 0 Å². The minimum Gasteiger partial charge on any atom is -0.253 e. The van der Waals surface area contributed by atoms with E-state index in [1.54, 1.807) is 6.20 Å². The molecule has 0 saturated carbocycles. The molecule has 1 aromatic heterocycles. The first-order valence-electron chi connectivity index (χ1n) is 7.86. The van der Waals surface area contributed by atoms with E-state index in [0.717, 1.165) is 33.0 Å². The molecule has 4 rings (SSSR count). The van der Waals surface area contributed by atoms with Crippen molar-refractivity contribution in [2.75, 3.05) is 6.26 Å². The Labute approximate surface area is 145 Å². The molecule has 126 valence electrons. The van der Waals surface area contributed by atoms with Crippen LogP contribution in [-0.4, -0.2) is 34.8 Å². The van der Waals surface area contributed by atoms with Gasteiger partial charge in [-0.3, -0.25) is 4.98 Å². The van der Waals surface area contributed by atoms with Crippen molar-refractivity contribution in [3.63, 3.8) is 0 Å². The Morgan fingerprint density at radius 1 is 1.00 bits per heavy atom. The van der Waals surface area contributed by atoms with Crippen LogP contribution in [0.1, 0.15) is 23.7 Å². The molecule has 1 aliphatic rings. The van der Waals surface area contributed by atoms with Crippen molar-refractivity contribution in [3.05, 3.63) is 72.1 Å². The van der Waals surface area contributed by atoms with Crippen molar-refractivity contribution in [3.8, 4) is 0 Å². The lowest BCUT2D eigenvalue weighted by Crippen LogP contribution is -2.26. The summed E-state index contributed by atoms with van der Waals surface area (Å²) in [5, 5.41) is 4.36. The predicted octanol–water partition coefficient (Wildman–Crippen LogP) is 2.74. The molecule has 0 amide bonds. The molecule has 1 aliphatic heterocycles. The van der Waals surface area contributed by atoms with Gasteiger partial charge in [-0.15, -0.1) is 0 Å². The van der Waals surface area contributed by atoms with Gasteiger partial charge in [-0.05, 0) is 17.7 Å². The largest absolute Gasteiger partial charge is 0.253 e. The van der Waals surface area contributed by atoms with Gasteiger partial charge in [-0.1, -0.05) is 42.5 Å². The van der Waals surface area contributed by atoms with Crippen LogP contribution in [0.15, 0.2) is 65.9 Å². The zero-order valence-electron chi connectivity index (χ0n) is 13.6. The van der Waals surface area contributed by atoms with Gasteiger partial charge in [0.15, 0.2) is 0 Å². The van der Waals surface area contributed by atoms with Crippen LogP contribution in [0, 0.1) is 0 Å². The number of hydrogen-bond donors (Lipinski definition) is 0. The molecule has 2 heterocycles. The number of aromatic nitrogens is 2. The van der Waals surface area contributed by atoms with Gasteiger partial charge in [-0.25, -0.2) is 13.4 Å². The monoisotopic (exact) mass is 352 g/mol. The summed E-state index contributed by atoms with van der Waals surface area (Å²) in [7, 11) is -3.52. The molecule has 0 aliphatic carbocycles. The number of benzene rings is 2. The number of hydrazone groups is 1. The standard InChI is InChI=1S/C18H16N4O2S/c1-25(23,24)22-18(11-16(21-22)13-7-3-2-4-8-13)17-12-19-14-9-5-6-10-15(14)20-17/h2-10,12,18H,11H2,1H3/t18-/m0/s1. The van der Waals surface area contributed by atoms with E-state index in [1.165, 1.54) is 0 Å². The Bertz CT molecular complexity index is 1060. The third-order valence-corrected chi connectivity index (χ3v) is 5.14. The predicted molar refractivity (Wildman–Crippen MR) is 96.6 cm³/mol. The van der Waals surface area contributed by atoms with E-state index in [9.17, 15) is 8.42 Å². The van der Waals surface area contributed by atoms with Crippen molar-refractivity contribution < 1.29 is 8.42 Å². The second-order valence-electron chi connectivity index (χ2n) is 5.95. The maximum atomic E-state index is 12.2. The summed E-state index contributed by atoms with van der Waals surface area (Å²) in [6.07, 6.45) is 3.25. The molecule has 7 heteroatoms. The van der Waals surface area contributed by atoms with Crippen molar-refractivity contribution in [2.45, 2.75) is 12.5 Å². The number of para-hydroxylation sites is 2. The summed E-state index contributed by atoms with van der Waals surface area (Å²) in [5.74, 6) is 0. The fourth-order valence-electron chi connectivity index (χ4n) is 2.95. The van der Waals surface area contributed by atoms with E-state index in [0.29, 0.717) is 12.1 Å². The fourth-order valence-corrected chi connectivity index (χ4v) is 3.84. The Kier molecular flexibility index (Phi) is 3.73. The lowest BCUT2D eigenvalue weighted by molar-refractivity contribution is 0.368. The van der Waals surface area contributed by atoms with Gasteiger partial charge >= 0.3 is 0 Å². The van der Waals surface area contributed by atoms with E-state index in [4.69, 9.17) is 0 Å². The molecule has 0 radical (unpaired) electrons. The topological polar surface area (TPSA) is 75.5 Å². The summed E-state index contributed by atoms with van der Waals surface area (Å²) in [6.45, 7) is 0. The van der Waals surface area contributed by atoms with Crippen molar-refractivity contribution in [2.24, 2.45) is 5.10 Å². The molecule has 0 fully saturated rings. The van der Waals surface area contributed by atoms with Gasteiger partial charge in [-0.2, -0.15) is 9.52 Å². The van der Waals surface area contributed by atoms with Gasteiger partial charge in [0, 0.05) is 6.42 Å². The summed E-state index contributed by atoms with van der Waals surface area (Å²) >= 11 is 0. The van der Waals surface area contributed by atoms with Gasteiger partial charge < -0.3 is 0 Å².